The van der Waals surface area contributed by atoms with Crippen molar-refractivity contribution >= 4 is 45.1 Å². The number of benzene rings is 1. The lowest BCUT2D eigenvalue weighted by Gasteiger charge is -2.08. The Morgan fingerprint density at radius 1 is 1.36 bits per heavy atom. The minimum absolute atomic E-state index is 0.149. The monoisotopic (exact) mass is 298 g/mol. The lowest BCUT2D eigenvalue weighted by atomic mass is 10.1. The van der Waals surface area contributed by atoms with Crippen LogP contribution in [0, 0.1) is 0 Å². The van der Waals surface area contributed by atoms with E-state index in [1.165, 1.54) is 12.1 Å². The molecule has 1 rings (SSSR count). The predicted octanol–water partition coefficient (Wildman–Crippen LogP) is 2.87. The van der Waals surface area contributed by atoms with E-state index < -0.39 is 12.1 Å². The van der Waals surface area contributed by atoms with Gasteiger partial charge in [0.25, 0.3) is 0 Å². The molecule has 1 atom stereocenters. The van der Waals surface area contributed by atoms with Crippen LogP contribution >= 0.6 is 39.1 Å². The summed E-state index contributed by atoms with van der Waals surface area (Å²) in [4.78, 5) is 10.5. The van der Waals surface area contributed by atoms with Crippen molar-refractivity contribution in [3.05, 3.63) is 32.2 Å². The van der Waals surface area contributed by atoms with Gasteiger partial charge in [-0.25, -0.2) is 4.79 Å². The fourth-order valence-electron chi connectivity index (χ4n) is 0.876. The third-order valence-electron chi connectivity index (χ3n) is 1.56. The van der Waals surface area contributed by atoms with Crippen molar-refractivity contribution in [2.24, 2.45) is 0 Å². The fourth-order valence-corrected chi connectivity index (χ4v) is 1.61. The van der Waals surface area contributed by atoms with E-state index in [4.69, 9.17) is 28.3 Å². The first kappa shape index (κ1) is 11.8. The van der Waals surface area contributed by atoms with Gasteiger partial charge in [0.15, 0.2) is 6.10 Å². The summed E-state index contributed by atoms with van der Waals surface area (Å²) in [6.07, 6.45) is -1.61. The zero-order valence-corrected chi connectivity index (χ0v) is 9.77. The van der Waals surface area contributed by atoms with Gasteiger partial charge in [-0.3, -0.25) is 0 Å². The molecule has 0 saturated heterocycles. The molecular weight excluding hydrogens is 295 g/mol. The molecule has 14 heavy (non-hydrogen) atoms. The zero-order valence-electron chi connectivity index (χ0n) is 6.67. The maximum Gasteiger partial charge on any atom is 0.337 e. The molecule has 2 N–H and O–H groups in total. The second kappa shape index (κ2) is 4.49. The molecule has 1 unspecified atom stereocenters. The van der Waals surface area contributed by atoms with Gasteiger partial charge in [0.05, 0.1) is 14.5 Å². The van der Waals surface area contributed by atoms with Crippen molar-refractivity contribution in [1.29, 1.82) is 0 Å². The molecule has 0 spiro atoms. The highest BCUT2D eigenvalue weighted by molar-refractivity contribution is 9.10. The van der Waals surface area contributed by atoms with E-state index in [1.54, 1.807) is 0 Å². The van der Waals surface area contributed by atoms with Crippen molar-refractivity contribution in [3.8, 4) is 0 Å². The van der Waals surface area contributed by atoms with Crippen molar-refractivity contribution in [2.45, 2.75) is 6.10 Å². The summed E-state index contributed by atoms with van der Waals surface area (Å²) in [5.74, 6) is -1.35. The molecule has 1 aromatic carbocycles. The summed E-state index contributed by atoms with van der Waals surface area (Å²) in [7, 11) is 0. The number of halogens is 3. The first-order chi connectivity index (χ1) is 6.43. The van der Waals surface area contributed by atoms with Crippen LogP contribution in [0.2, 0.25) is 10.0 Å². The van der Waals surface area contributed by atoms with Crippen molar-refractivity contribution < 1.29 is 15.0 Å². The first-order valence-corrected chi connectivity index (χ1v) is 5.03. The SMILES string of the molecule is O=C(O)C(O)c1cc(Cl)c(Br)c(Cl)c1. The molecule has 0 amide bonds. The number of aliphatic hydroxyl groups is 1. The number of carbonyl (C=O) groups is 1. The number of rotatable bonds is 2. The second-order valence-electron chi connectivity index (χ2n) is 2.54. The van der Waals surface area contributed by atoms with Crippen molar-refractivity contribution in [2.75, 3.05) is 0 Å². The molecule has 0 aliphatic carbocycles. The van der Waals surface area contributed by atoms with Crippen molar-refractivity contribution in [1.82, 2.24) is 0 Å². The largest absolute Gasteiger partial charge is 0.479 e. The molecule has 1 aromatic rings. The quantitative estimate of drug-likeness (QED) is 0.826. The van der Waals surface area contributed by atoms with Gasteiger partial charge in [-0.05, 0) is 33.6 Å². The topological polar surface area (TPSA) is 57.5 Å². The second-order valence-corrected chi connectivity index (χ2v) is 4.15. The van der Waals surface area contributed by atoms with E-state index in [1.807, 2.05) is 0 Å². The summed E-state index contributed by atoms with van der Waals surface area (Å²) in [5, 5.41) is 18.3. The first-order valence-electron chi connectivity index (χ1n) is 3.48. The fraction of sp³-hybridized carbons (Fsp3) is 0.125. The van der Waals surface area contributed by atoms with Crippen LogP contribution in [0.15, 0.2) is 16.6 Å². The predicted molar refractivity (Wildman–Crippen MR) is 56.8 cm³/mol. The number of aliphatic carboxylic acids is 1. The molecule has 0 fully saturated rings. The van der Waals surface area contributed by atoms with E-state index >= 15 is 0 Å². The molecule has 6 heteroatoms. The lowest BCUT2D eigenvalue weighted by Crippen LogP contribution is -2.10. The maximum atomic E-state index is 10.5. The zero-order chi connectivity index (χ0) is 10.9. The number of hydrogen-bond acceptors (Lipinski definition) is 2. The van der Waals surface area contributed by atoms with Gasteiger partial charge in [-0.15, -0.1) is 0 Å². The highest BCUT2D eigenvalue weighted by Crippen LogP contribution is 2.33. The van der Waals surface area contributed by atoms with Gasteiger partial charge >= 0.3 is 5.97 Å². The maximum absolute atomic E-state index is 10.5. The third kappa shape index (κ3) is 2.39. The molecular formula is C8H5BrCl2O3. The standard InChI is InChI=1S/C8H5BrCl2O3/c9-6-4(10)1-3(2-5(6)11)7(12)8(13)14/h1-2,7,12H,(H,13,14). The van der Waals surface area contributed by atoms with Gasteiger partial charge < -0.3 is 10.2 Å². The average molecular weight is 300 g/mol. The van der Waals surface area contributed by atoms with Gasteiger partial charge in [0.1, 0.15) is 0 Å². The normalized spacial score (nSPS) is 12.6. The van der Waals surface area contributed by atoms with Gasteiger partial charge in [0, 0.05) is 0 Å². The Bertz CT molecular complexity index is 358. The summed E-state index contributed by atoms with van der Waals surface area (Å²) >= 11 is 14.6. The molecule has 0 aliphatic rings. The van der Waals surface area contributed by atoms with Crippen LogP contribution in [0.5, 0.6) is 0 Å². The number of carboxylic acid groups (broad SMARTS) is 1. The van der Waals surface area contributed by atoms with E-state index in [2.05, 4.69) is 15.9 Å². The van der Waals surface area contributed by atoms with Gasteiger partial charge in [-0.2, -0.15) is 0 Å². The smallest absolute Gasteiger partial charge is 0.337 e. The summed E-state index contributed by atoms with van der Waals surface area (Å²) in [6, 6.07) is 2.69. The van der Waals surface area contributed by atoms with Crippen LogP contribution in [0.1, 0.15) is 11.7 Å². The lowest BCUT2D eigenvalue weighted by molar-refractivity contribution is -0.146. The van der Waals surface area contributed by atoms with E-state index in [9.17, 15) is 9.90 Å². The molecule has 0 heterocycles. The van der Waals surface area contributed by atoms with E-state index in [0.717, 1.165) is 0 Å². The highest BCUT2D eigenvalue weighted by atomic mass is 79.9. The van der Waals surface area contributed by atoms with Crippen LogP contribution in [0.4, 0.5) is 0 Å². The minimum Gasteiger partial charge on any atom is -0.479 e. The Balaban J connectivity index is 3.19. The Morgan fingerprint density at radius 2 is 1.79 bits per heavy atom. The molecule has 3 nitrogen and oxygen atoms in total. The summed E-state index contributed by atoms with van der Waals surface area (Å²) in [6.45, 7) is 0. The molecule has 0 radical (unpaired) electrons. The van der Waals surface area contributed by atoms with Crippen LogP contribution in [-0.4, -0.2) is 16.2 Å². The molecule has 76 valence electrons. The Labute approximate surface area is 98.4 Å². The average Bonchev–Trinajstić information content (AvgIpc) is 2.12. The number of aliphatic hydroxyl groups excluding tert-OH is 1. The Morgan fingerprint density at radius 3 is 2.14 bits per heavy atom. The third-order valence-corrected chi connectivity index (χ3v) is 3.46. The van der Waals surface area contributed by atoms with Crippen LogP contribution < -0.4 is 0 Å². The molecule has 0 saturated carbocycles. The Hall–Kier alpha value is -0.290. The highest BCUT2D eigenvalue weighted by Gasteiger charge is 2.18. The molecule has 0 aromatic heterocycles. The van der Waals surface area contributed by atoms with Crippen molar-refractivity contribution in [3.63, 3.8) is 0 Å². The summed E-state index contributed by atoms with van der Waals surface area (Å²) in [5.41, 5.74) is 0.149. The summed E-state index contributed by atoms with van der Waals surface area (Å²) < 4.78 is 0.474. The Kier molecular flexibility index (Phi) is 3.78. The van der Waals surface area contributed by atoms with E-state index in [0.29, 0.717) is 4.47 Å². The van der Waals surface area contributed by atoms with Gasteiger partial charge in [-0.1, -0.05) is 23.2 Å². The van der Waals surface area contributed by atoms with Crippen LogP contribution in [-0.2, 0) is 4.79 Å². The van der Waals surface area contributed by atoms with E-state index in [-0.39, 0.29) is 15.6 Å². The number of hydrogen-bond donors (Lipinski definition) is 2. The van der Waals surface area contributed by atoms with Gasteiger partial charge in [0.2, 0.25) is 0 Å². The molecule has 0 aliphatic heterocycles. The minimum atomic E-state index is -1.61. The van der Waals surface area contributed by atoms with Crippen LogP contribution in [0.25, 0.3) is 0 Å². The van der Waals surface area contributed by atoms with Crippen LogP contribution in [0.3, 0.4) is 0 Å². The molecule has 0 bridgehead atoms. The number of carboxylic acids is 1.